The predicted molar refractivity (Wildman–Crippen MR) is 110 cm³/mol. The third-order valence-electron chi connectivity index (χ3n) is 4.58. The van der Waals surface area contributed by atoms with Gasteiger partial charge in [-0.2, -0.15) is 10.1 Å². The van der Waals surface area contributed by atoms with Gasteiger partial charge in [-0.25, -0.2) is 19.6 Å². The minimum absolute atomic E-state index is 0.182. The zero-order chi connectivity index (χ0) is 20.8. The standard InChI is InChI=1S/C19H15ClN8O2/c1-10-15-18(27(2)26-10)22-9-28(19(15)29)8-13-23-16-17(24-13)25-14(7-21-16)30-12-5-3-11(20)4-6-12/h3-7,9H,8H2,1-2H3,(H,21,23,24,25). The number of hydrogen-bond acceptors (Lipinski definition) is 7. The van der Waals surface area contributed by atoms with Crippen molar-refractivity contribution in [3.8, 4) is 11.6 Å². The van der Waals surface area contributed by atoms with Gasteiger partial charge in [-0.1, -0.05) is 11.6 Å². The number of H-pyrrole nitrogens is 1. The maximum absolute atomic E-state index is 12.8. The number of hydrogen-bond donors (Lipinski definition) is 1. The van der Waals surface area contributed by atoms with Gasteiger partial charge < -0.3 is 9.72 Å². The summed E-state index contributed by atoms with van der Waals surface area (Å²) in [5.41, 5.74) is 1.88. The number of fused-ring (bicyclic) bond motifs is 2. The molecule has 1 N–H and O–H groups in total. The molecule has 5 rings (SSSR count). The molecule has 0 atom stereocenters. The Kier molecular flexibility index (Phi) is 4.21. The summed E-state index contributed by atoms with van der Waals surface area (Å²) in [6, 6.07) is 6.93. The van der Waals surface area contributed by atoms with E-state index in [0.717, 1.165) is 0 Å². The first-order chi connectivity index (χ1) is 14.5. The fourth-order valence-electron chi connectivity index (χ4n) is 3.21. The summed E-state index contributed by atoms with van der Waals surface area (Å²) in [4.78, 5) is 33.3. The maximum Gasteiger partial charge on any atom is 0.265 e. The van der Waals surface area contributed by atoms with Gasteiger partial charge in [0.2, 0.25) is 5.88 Å². The molecule has 30 heavy (non-hydrogen) atoms. The van der Waals surface area contributed by atoms with Crippen molar-refractivity contribution in [3.05, 3.63) is 63.7 Å². The number of nitrogens with one attached hydrogen (secondary N) is 1. The van der Waals surface area contributed by atoms with E-state index in [1.807, 2.05) is 0 Å². The topological polar surface area (TPSA) is 116 Å². The van der Waals surface area contributed by atoms with Gasteiger partial charge in [0.15, 0.2) is 16.9 Å². The van der Waals surface area contributed by atoms with Crippen LogP contribution in [0.2, 0.25) is 5.02 Å². The second kappa shape index (κ2) is 6.92. The number of halogens is 1. The summed E-state index contributed by atoms with van der Waals surface area (Å²) in [7, 11) is 1.76. The Labute approximate surface area is 174 Å². The number of aryl methyl sites for hydroxylation is 2. The van der Waals surface area contributed by atoms with E-state index in [4.69, 9.17) is 16.3 Å². The lowest BCUT2D eigenvalue weighted by molar-refractivity contribution is 0.462. The molecular formula is C19H15ClN8O2. The van der Waals surface area contributed by atoms with Crippen LogP contribution < -0.4 is 10.3 Å². The summed E-state index contributed by atoms with van der Waals surface area (Å²) < 4.78 is 8.76. The van der Waals surface area contributed by atoms with E-state index in [0.29, 0.717) is 50.5 Å². The monoisotopic (exact) mass is 422 g/mol. The summed E-state index contributed by atoms with van der Waals surface area (Å²) in [6.07, 6.45) is 2.97. The van der Waals surface area contributed by atoms with Crippen molar-refractivity contribution in [3.63, 3.8) is 0 Å². The van der Waals surface area contributed by atoms with Gasteiger partial charge >= 0.3 is 0 Å². The lowest BCUT2D eigenvalue weighted by Crippen LogP contribution is -2.22. The highest BCUT2D eigenvalue weighted by molar-refractivity contribution is 6.30. The molecule has 0 saturated carbocycles. The number of rotatable bonds is 4. The van der Waals surface area contributed by atoms with Gasteiger partial charge in [0.25, 0.3) is 5.56 Å². The van der Waals surface area contributed by atoms with Gasteiger partial charge in [-0.05, 0) is 31.2 Å². The highest BCUT2D eigenvalue weighted by Gasteiger charge is 2.14. The van der Waals surface area contributed by atoms with Crippen molar-refractivity contribution in [2.45, 2.75) is 13.5 Å². The van der Waals surface area contributed by atoms with Crippen LogP contribution in [0.1, 0.15) is 11.5 Å². The second-order valence-corrected chi connectivity index (χ2v) is 7.14. The fourth-order valence-corrected chi connectivity index (χ4v) is 3.34. The molecule has 0 aliphatic carbocycles. The van der Waals surface area contributed by atoms with E-state index >= 15 is 0 Å². The molecule has 0 aliphatic heterocycles. The summed E-state index contributed by atoms with van der Waals surface area (Å²) in [5.74, 6) is 1.43. The normalized spacial score (nSPS) is 11.4. The Balaban J connectivity index is 1.45. The largest absolute Gasteiger partial charge is 0.437 e. The SMILES string of the molecule is Cc1nn(C)c2ncn(Cc3nc4ncc(Oc5ccc(Cl)cc5)nc4[nH]3)c(=O)c12. The Morgan fingerprint density at radius 1 is 1.17 bits per heavy atom. The minimum atomic E-state index is -0.182. The number of imidazole rings is 1. The van der Waals surface area contributed by atoms with Gasteiger partial charge in [-0.3, -0.25) is 9.36 Å². The van der Waals surface area contributed by atoms with Crippen molar-refractivity contribution < 1.29 is 4.74 Å². The van der Waals surface area contributed by atoms with Crippen LogP contribution in [0.15, 0.2) is 41.6 Å². The lowest BCUT2D eigenvalue weighted by Gasteiger charge is -2.03. The van der Waals surface area contributed by atoms with Gasteiger partial charge in [0, 0.05) is 12.1 Å². The number of nitrogens with zero attached hydrogens (tertiary/aromatic N) is 7. The van der Waals surface area contributed by atoms with Gasteiger partial charge in [0.05, 0.1) is 18.4 Å². The first-order valence-corrected chi connectivity index (χ1v) is 9.39. The van der Waals surface area contributed by atoms with Crippen molar-refractivity contribution >= 4 is 33.9 Å². The zero-order valence-electron chi connectivity index (χ0n) is 16.0. The summed E-state index contributed by atoms with van der Waals surface area (Å²) in [6.45, 7) is 1.98. The van der Waals surface area contributed by atoms with E-state index in [2.05, 4.69) is 30.0 Å². The molecule has 0 amide bonds. The Hall–Kier alpha value is -3.79. The molecule has 150 valence electrons. The predicted octanol–water partition coefficient (Wildman–Crippen LogP) is 2.60. The van der Waals surface area contributed by atoms with Crippen molar-refractivity contribution in [1.29, 1.82) is 0 Å². The zero-order valence-corrected chi connectivity index (χ0v) is 16.8. The first-order valence-electron chi connectivity index (χ1n) is 9.02. The molecule has 0 fully saturated rings. The molecule has 0 radical (unpaired) electrons. The van der Waals surface area contributed by atoms with E-state index in [9.17, 15) is 4.79 Å². The average molecular weight is 423 g/mol. The van der Waals surface area contributed by atoms with Crippen LogP contribution in [-0.4, -0.2) is 39.3 Å². The Morgan fingerprint density at radius 2 is 1.97 bits per heavy atom. The van der Waals surface area contributed by atoms with Crippen LogP contribution in [0.25, 0.3) is 22.3 Å². The third kappa shape index (κ3) is 3.16. The molecule has 4 heterocycles. The summed E-state index contributed by atoms with van der Waals surface area (Å²) in [5, 5.41) is 5.37. The van der Waals surface area contributed by atoms with Gasteiger partial charge in [0.1, 0.15) is 23.3 Å². The molecule has 5 aromatic rings. The average Bonchev–Trinajstić information content (AvgIpc) is 3.25. The minimum Gasteiger partial charge on any atom is -0.437 e. The molecule has 0 unspecified atom stereocenters. The molecule has 1 aromatic carbocycles. The lowest BCUT2D eigenvalue weighted by atomic mass is 10.3. The van der Waals surface area contributed by atoms with Crippen LogP contribution in [0.3, 0.4) is 0 Å². The molecule has 0 spiro atoms. The van der Waals surface area contributed by atoms with E-state index in [-0.39, 0.29) is 12.1 Å². The quantitative estimate of drug-likeness (QED) is 0.473. The second-order valence-electron chi connectivity index (χ2n) is 6.71. The third-order valence-corrected chi connectivity index (χ3v) is 4.83. The molecule has 4 aromatic heterocycles. The van der Waals surface area contributed by atoms with Crippen molar-refractivity contribution in [2.24, 2.45) is 7.05 Å². The number of benzene rings is 1. The highest BCUT2D eigenvalue weighted by atomic mass is 35.5. The Morgan fingerprint density at radius 3 is 2.77 bits per heavy atom. The molecule has 0 bridgehead atoms. The van der Waals surface area contributed by atoms with E-state index in [1.165, 1.54) is 17.1 Å². The van der Waals surface area contributed by atoms with E-state index in [1.54, 1.807) is 42.9 Å². The smallest absolute Gasteiger partial charge is 0.265 e. The molecular weight excluding hydrogens is 408 g/mol. The molecule has 10 nitrogen and oxygen atoms in total. The molecule has 0 aliphatic rings. The number of aromatic amines is 1. The van der Waals surface area contributed by atoms with Crippen LogP contribution >= 0.6 is 11.6 Å². The maximum atomic E-state index is 12.8. The highest BCUT2D eigenvalue weighted by Crippen LogP contribution is 2.22. The fraction of sp³-hybridized carbons (Fsp3) is 0.158. The first kappa shape index (κ1) is 18.3. The van der Waals surface area contributed by atoms with Crippen LogP contribution in [-0.2, 0) is 13.6 Å². The number of ether oxygens (including phenoxy) is 1. The molecule has 11 heteroatoms. The van der Waals surface area contributed by atoms with Crippen LogP contribution in [0.5, 0.6) is 11.6 Å². The van der Waals surface area contributed by atoms with Crippen molar-refractivity contribution in [2.75, 3.05) is 0 Å². The van der Waals surface area contributed by atoms with E-state index < -0.39 is 0 Å². The van der Waals surface area contributed by atoms with Crippen molar-refractivity contribution in [1.82, 2.24) is 39.3 Å². The number of aromatic nitrogens is 8. The summed E-state index contributed by atoms with van der Waals surface area (Å²) >= 11 is 5.88. The van der Waals surface area contributed by atoms with Crippen LogP contribution in [0, 0.1) is 6.92 Å². The van der Waals surface area contributed by atoms with Gasteiger partial charge in [-0.15, -0.1) is 0 Å². The Bertz CT molecular complexity index is 1450. The molecule has 0 saturated heterocycles. The van der Waals surface area contributed by atoms with Crippen LogP contribution in [0.4, 0.5) is 0 Å².